The Morgan fingerprint density at radius 1 is 1.29 bits per heavy atom. The number of halogens is 1. The van der Waals surface area contributed by atoms with Crippen molar-refractivity contribution in [3.8, 4) is 0 Å². The van der Waals surface area contributed by atoms with Gasteiger partial charge in [0, 0.05) is 12.1 Å². The summed E-state index contributed by atoms with van der Waals surface area (Å²) in [5, 5.41) is 10.1. The number of β-amino-alcohol motifs (C(OH)–C–C–N with tert-alkyl or cyclic N) is 1. The van der Waals surface area contributed by atoms with E-state index in [4.69, 9.17) is 4.74 Å². The third-order valence-electron chi connectivity index (χ3n) is 4.69. The van der Waals surface area contributed by atoms with Gasteiger partial charge in [0.1, 0.15) is 5.82 Å². The number of likely N-dealkylation sites (tertiary alicyclic amines) is 1. The van der Waals surface area contributed by atoms with Gasteiger partial charge in [0.05, 0.1) is 19.3 Å². The first kappa shape index (κ1) is 19.3. The van der Waals surface area contributed by atoms with E-state index in [0.29, 0.717) is 12.1 Å². The lowest BCUT2D eigenvalue weighted by Crippen LogP contribution is -2.40. The van der Waals surface area contributed by atoms with Crippen molar-refractivity contribution in [3.05, 3.63) is 35.6 Å². The molecule has 0 bridgehead atoms. The molecule has 1 aliphatic rings. The van der Waals surface area contributed by atoms with E-state index in [0.717, 1.165) is 25.6 Å². The van der Waals surface area contributed by atoms with Crippen molar-refractivity contribution in [2.24, 2.45) is 5.92 Å². The van der Waals surface area contributed by atoms with Crippen molar-refractivity contribution in [1.29, 1.82) is 0 Å². The van der Waals surface area contributed by atoms with Gasteiger partial charge in [-0.2, -0.15) is 0 Å². The second-order valence-corrected chi connectivity index (χ2v) is 7.10. The van der Waals surface area contributed by atoms with Crippen molar-refractivity contribution in [2.75, 3.05) is 46.9 Å². The van der Waals surface area contributed by atoms with Crippen LogP contribution in [0.15, 0.2) is 24.3 Å². The largest absolute Gasteiger partial charge is 0.389 e. The third kappa shape index (κ3) is 6.85. The topological polar surface area (TPSA) is 35.9 Å². The molecule has 4 nitrogen and oxygen atoms in total. The van der Waals surface area contributed by atoms with E-state index in [1.807, 2.05) is 0 Å². The highest BCUT2D eigenvalue weighted by atomic mass is 19.1. The quantitative estimate of drug-likeness (QED) is 0.750. The third-order valence-corrected chi connectivity index (χ3v) is 4.69. The fourth-order valence-corrected chi connectivity index (χ4v) is 3.17. The van der Waals surface area contributed by atoms with Gasteiger partial charge in [-0.25, -0.2) is 4.39 Å². The molecule has 2 rings (SSSR count). The van der Waals surface area contributed by atoms with E-state index in [-0.39, 0.29) is 19.0 Å². The highest BCUT2D eigenvalue weighted by molar-refractivity contribution is 5.16. The second-order valence-electron chi connectivity index (χ2n) is 7.10. The van der Waals surface area contributed by atoms with Crippen LogP contribution in [0.1, 0.15) is 24.8 Å². The average Bonchev–Trinajstić information content (AvgIpc) is 2.56. The normalized spacial score (nSPS) is 18.2. The number of aliphatic hydroxyl groups is 1. The van der Waals surface area contributed by atoms with Crippen molar-refractivity contribution >= 4 is 0 Å². The minimum atomic E-state index is -0.518. The van der Waals surface area contributed by atoms with Crippen LogP contribution in [0.3, 0.4) is 0 Å². The Bertz CT molecular complexity index is 476. The zero-order chi connectivity index (χ0) is 17.4. The lowest BCUT2D eigenvalue weighted by atomic mass is 9.93. The molecule has 0 saturated carbocycles. The molecule has 1 aromatic rings. The summed E-state index contributed by atoms with van der Waals surface area (Å²) in [6.07, 6.45) is 3.15. The molecule has 0 aliphatic carbocycles. The van der Waals surface area contributed by atoms with Crippen molar-refractivity contribution in [2.45, 2.75) is 32.0 Å². The number of hydrogen-bond donors (Lipinski definition) is 1. The molecule has 0 spiro atoms. The van der Waals surface area contributed by atoms with E-state index in [9.17, 15) is 9.50 Å². The molecule has 0 radical (unpaired) electrons. The highest BCUT2D eigenvalue weighted by Gasteiger charge is 2.21. The molecule has 1 fully saturated rings. The molecule has 1 aliphatic heterocycles. The van der Waals surface area contributed by atoms with Crippen molar-refractivity contribution < 1.29 is 14.2 Å². The van der Waals surface area contributed by atoms with E-state index < -0.39 is 6.10 Å². The van der Waals surface area contributed by atoms with E-state index in [1.165, 1.54) is 25.3 Å². The number of nitrogens with zero attached hydrogens (tertiary/aromatic N) is 2. The van der Waals surface area contributed by atoms with Crippen molar-refractivity contribution in [1.82, 2.24) is 9.80 Å². The molecule has 1 N–H and O–H groups in total. The van der Waals surface area contributed by atoms with Gasteiger partial charge in [0.2, 0.25) is 0 Å². The Hall–Kier alpha value is -1.01. The Kier molecular flexibility index (Phi) is 8.12. The molecular weight excluding hydrogens is 307 g/mol. The zero-order valence-corrected chi connectivity index (χ0v) is 15.0. The number of hydrogen-bond acceptors (Lipinski definition) is 4. The van der Waals surface area contributed by atoms with Gasteiger partial charge in [-0.15, -0.1) is 0 Å². The molecule has 1 heterocycles. The van der Waals surface area contributed by atoms with E-state index >= 15 is 0 Å². The van der Waals surface area contributed by atoms with Gasteiger partial charge >= 0.3 is 0 Å². The lowest BCUT2D eigenvalue weighted by molar-refractivity contribution is 0.00344. The summed E-state index contributed by atoms with van der Waals surface area (Å²) in [6.45, 7) is 4.32. The highest BCUT2D eigenvalue weighted by Crippen LogP contribution is 2.20. The number of ether oxygens (including phenoxy) is 1. The van der Waals surface area contributed by atoms with Crippen LogP contribution in [-0.4, -0.2) is 67.9 Å². The van der Waals surface area contributed by atoms with Gasteiger partial charge in [0.25, 0.3) is 0 Å². The molecule has 24 heavy (non-hydrogen) atoms. The lowest BCUT2D eigenvalue weighted by Gasteiger charge is -2.33. The van der Waals surface area contributed by atoms with Gasteiger partial charge < -0.3 is 19.6 Å². The maximum Gasteiger partial charge on any atom is 0.128 e. The maximum absolute atomic E-state index is 13.5. The fraction of sp³-hybridized carbons (Fsp3) is 0.684. The molecule has 136 valence electrons. The van der Waals surface area contributed by atoms with Crippen LogP contribution in [0, 0.1) is 11.7 Å². The van der Waals surface area contributed by atoms with E-state index in [2.05, 4.69) is 23.9 Å². The van der Waals surface area contributed by atoms with Crippen LogP contribution in [0.4, 0.5) is 4.39 Å². The summed E-state index contributed by atoms with van der Waals surface area (Å²) in [4.78, 5) is 4.55. The number of benzene rings is 1. The van der Waals surface area contributed by atoms with E-state index in [1.54, 1.807) is 18.2 Å². The predicted octanol–water partition coefficient (Wildman–Crippen LogP) is 2.37. The molecule has 1 unspecified atom stereocenters. The summed E-state index contributed by atoms with van der Waals surface area (Å²) in [6, 6.07) is 6.59. The maximum atomic E-state index is 13.5. The first-order valence-corrected chi connectivity index (χ1v) is 8.91. The van der Waals surface area contributed by atoms with Gasteiger partial charge in [-0.3, -0.25) is 0 Å². The van der Waals surface area contributed by atoms with Gasteiger partial charge in [-0.1, -0.05) is 18.2 Å². The molecular formula is C19H31FN2O2. The molecule has 0 aromatic heterocycles. The standard InChI is InChI=1S/C19H31FN2O2/c1-21(2)10-7-16-8-11-22(12-9-16)13-18(23)15-24-14-17-5-3-4-6-19(17)20/h3-6,16,18,23H,7-15H2,1-2H3. The summed E-state index contributed by atoms with van der Waals surface area (Å²) in [5.41, 5.74) is 0.534. The first-order chi connectivity index (χ1) is 11.5. The monoisotopic (exact) mass is 338 g/mol. The molecule has 1 aromatic carbocycles. The van der Waals surface area contributed by atoms with Crippen LogP contribution in [0.25, 0.3) is 0 Å². The van der Waals surface area contributed by atoms with Gasteiger partial charge in [-0.05, 0) is 65.0 Å². The number of piperidine rings is 1. The summed E-state index contributed by atoms with van der Waals surface area (Å²) in [5.74, 6) is 0.546. The molecule has 1 saturated heterocycles. The minimum Gasteiger partial charge on any atom is -0.389 e. The summed E-state index contributed by atoms with van der Waals surface area (Å²) >= 11 is 0. The minimum absolute atomic E-state index is 0.205. The Morgan fingerprint density at radius 3 is 2.67 bits per heavy atom. The fourth-order valence-electron chi connectivity index (χ4n) is 3.17. The first-order valence-electron chi connectivity index (χ1n) is 8.91. The summed E-state index contributed by atoms with van der Waals surface area (Å²) < 4.78 is 19.0. The number of rotatable bonds is 9. The zero-order valence-electron chi connectivity index (χ0n) is 15.0. The number of aliphatic hydroxyl groups excluding tert-OH is 1. The Balaban J connectivity index is 1.60. The van der Waals surface area contributed by atoms with Crippen LogP contribution in [-0.2, 0) is 11.3 Å². The van der Waals surface area contributed by atoms with Crippen molar-refractivity contribution in [3.63, 3.8) is 0 Å². The van der Waals surface area contributed by atoms with Crippen LogP contribution in [0.2, 0.25) is 0 Å². The molecule has 0 amide bonds. The Morgan fingerprint density at radius 2 is 2.00 bits per heavy atom. The van der Waals surface area contributed by atoms with Crippen LogP contribution < -0.4 is 0 Å². The van der Waals surface area contributed by atoms with Crippen LogP contribution >= 0.6 is 0 Å². The average molecular weight is 338 g/mol. The Labute approximate surface area is 145 Å². The summed E-state index contributed by atoms with van der Waals surface area (Å²) in [7, 11) is 4.24. The second kappa shape index (κ2) is 10.1. The van der Waals surface area contributed by atoms with Gasteiger partial charge in [0.15, 0.2) is 0 Å². The predicted molar refractivity (Wildman–Crippen MR) is 94.4 cm³/mol. The molecule has 1 atom stereocenters. The SMILES string of the molecule is CN(C)CCC1CCN(CC(O)COCc2ccccc2F)CC1. The smallest absolute Gasteiger partial charge is 0.128 e. The van der Waals surface area contributed by atoms with Crippen LogP contribution in [0.5, 0.6) is 0 Å². The molecule has 5 heteroatoms.